The van der Waals surface area contributed by atoms with E-state index in [0.29, 0.717) is 27.5 Å². The maximum Gasteiger partial charge on any atom is 0.268 e. The molecule has 122 valence electrons. The van der Waals surface area contributed by atoms with Crippen molar-refractivity contribution >= 4 is 29.1 Å². The molecular formula is C18H15FN2O2S. The van der Waals surface area contributed by atoms with Gasteiger partial charge in [-0.15, -0.1) is 11.8 Å². The van der Waals surface area contributed by atoms with Crippen molar-refractivity contribution in [1.29, 1.82) is 0 Å². The van der Waals surface area contributed by atoms with Gasteiger partial charge in [-0.1, -0.05) is 25.1 Å². The van der Waals surface area contributed by atoms with E-state index in [1.54, 1.807) is 18.3 Å². The molecule has 3 rings (SSSR count). The predicted molar refractivity (Wildman–Crippen MR) is 91.2 cm³/mol. The second kappa shape index (κ2) is 6.97. The molecule has 1 aliphatic rings. The highest BCUT2D eigenvalue weighted by Gasteiger charge is 2.39. The van der Waals surface area contributed by atoms with Crippen molar-refractivity contribution in [1.82, 2.24) is 9.88 Å². The largest absolute Gasteiger partial charge is 0.269 e. The highest BCUT2D eigenvalue weighted by atomic mass is 32.2. The number of halogens is 1. The maximum absolute atomic E-state index is 13.2. The van der Waals surface area contributed by atoms with E-state index < -0.39 is 0 Å². The lowest BCUT2D eigenvalue weighted by molar-refractivity contribution is -0.137. The molecule has 4 nitrogen and oxygen atoms in total. The molecule has 2 heterocycles. The fourth-order valence-electron chi connectivity index (χ4n) is 2.50. The van der Waals surface area contributed by atoms with Gasteiger partial charge in [-0.2, -0.15) is 0 Å². The van der Waals surface area contributed by atoms with Crippen LogP contribution >= 0.6 is 11.8 Å². The monoisotopic (exact) mass is 342 g/mol. The van der Waals surface area contributed by atoms with Crippen LogP contribution in [0.3, 0.4) is 0 Å². The minimum Gasteiger partial charge on any atom is -0.269 e. The third-order valence-electron chi connectivity index (χ3n) is 3.59. The first kappa shape index (κ1) is 16.4. The lowest BCUT2D eigenvalue weighted by Crippen LogP contribution is -2.31. The van der Waals surface area contributed by atoms with Gasteiger partial charge in [0.25, 0.3) is 11.8 Å². The van der Waals surface area contributed by atoms with Crippen LogP contribution in [-0.4, -0.2) is 27.5 Å². The summed E-state index contributed by atoms with van der Waals surface area (Å²) in [6, 6.07) is 11.0. The number of hydrogen-bond acceptors (Lipinski definition) is 4. The van der Waals surface area contributed by atoms with E-state index in [0.717, 1.165) is 0 Å². The molecule has 0 bridgehead atoms. The molecule has 6 heteroatoms. The predicted octanol–water partition coefficient (Wildman–Crippen LogP) is 3.25. The molecule has 0 aliphatic carbocycles. The average molecular weight is 342 g/mol. The number of aromatic nitrogens is 1. The van der Waals surface area contributed by atoms with E-state index in [1.807, 2.05) is 13.0 Å². The van der Waals surface area contributed by atoms with E-state index in [-0.39, 0.29) is 24.2 Å². The Hall–Kier alpha value is -2.47. The first-order chi connectivity index (χ1) is 11.6. The molecule has 0 saturated heterocycles. The lowest BCUT2D eigenvalue weighted by Gasteiger charge is -2.14. The summed E-state index contributed by atoms with van der Waals surface area (Å²) in [4.78, 5) is 31.3. The molecule has 24 heavy (non-hydrogen) atoms. The van der Waals surface area contributed by atoms with Crippen molar-refractivity contribution in [3.05, 3.63) is 70.6 Å². The van der Waals surface area contributed by atoms with E-state index in [4.69, 9.17) is 0 Å². The smallest absolute Gasteiger partial charge is 0.268 e. The van der Waals surface area contributed by atoms with Crippen LogP contribution in [0.4, 0.5) is 4.39 Å². The van der Waals surface area contributed by atoms with Gasteiger partial charge in [-0.05, 0) is 35.6 Å². The van der Waals surface area contributed by atoms with Gasteiger partial charge in [0, 0.05) is 6.20 Å². The number of rotatable bonds is 5. The highest BCUT2D eigenvalue weighted by Crippen LogP contribution is 2.36. The molecule has 0 N–H and O–H groups in total. The summed E-state index contributed by atoms with van der Waals surface area (Å²) in [7, 11) is 0. The number of pyridine rings is 1. The zero-order valence-corrected chi connectivity index (χ0v) is 13.8. The molecule has 0 spiro atoms. The highest BCUT2D eigenvalue weighted by molar-refractivity contribution is 8.04. The van der Waals surface area contributed by atoms with Gasteiger partial charge in [0.15, 0.2) is 0 Å². The molecule has 1 aromatic heterocycles. The van der Waals surface area contributed by atoms with E-state index in [9.17, 15) is 14.0 Å². The van der Waals surface area contributed by atoms with Crippen LogP contribution in [0, 0.1) is 5.82 Å². The molecule has 1 aliphatic heterocycles. The molecule has 2 amide bonds. The second-order valence-electron chi connectivity index (χ2n) is 5.16. The summed E-state index contributed by atoms with van der Waals surface area (Å²) in [6.07, 6.45) is 1.62. The normalized spacial score (nSPS) is 14.7. The van der Waals surface area contributed by atoms with Crippen LogP contribution in [0.5, 0.6) is 0 Å². The van der Waals surface area contributed by atoms with Gasteiger partial charge < -0.3 is 0 Å². The number of nitrogens with zero attached hydrogens (tertiary/aromatic N) is 2. The molecule has 0 fully saturated rings. The van der Waals surface area contributed by atoms with Crippen LogP contribution in [-0.2, 0) is 16.1 Å². The van der Waals surface area contributed by atoms with Crippen molar-refractivity contribution in [2.75, 3.05) is 5.75 Å². The number of carbonyl (C=O) groups excluding carboxylic acids is 2. The van der Waals surface area contributed by atoms with Crippen LogP contribution in [0.25, 0.3) is 5.57 Å². The van der Waals surface area contributed by atoms with Gasteiger partial charge in [0.1, 0.15) is 5.82 Å². The molecule has 0 radical (unpaired) electrons. The fourth-order valence-corrected chi connectivity index (χ4v) is 3.37. The minimum absolute atomic E-state index is 0.122. The third-order valence-corrected chi connectivity index (χ3v) is 4.55. The zero-order valence-electron chi connectivity index (χ0n) is 13.0. The number of amides is 2. The number of hydrogen-bond donors (Lipinski definition) is 0. The zero-order chi connectivity index (χ0) is 17.1. The van der Waals surface area contributed by atoms with Crippen molar-refractivity contribution in [3.63, 3.8) is 0 Å². The Balaban J connectivity index is 1.97. The second-order valence-corrected chi connectivity index (χ2v) is 6.44. The summed E-state index contributed by atoms with van der Waals surface area (Å²) in [5.41, 5.74) is 1.53. The van der Waals surface area contributed by atoms with Crippen LogP contribution < -0.4 is 0 Å². The Morgan fingerprint density at radius 1 is 1.08 bits per heavy atom. The standard InChI is InChI=1S/C18H15FN2O2S/c1-2-24-16-15(12-6-8-13(19)9-7-12)17(22)21(18(16)23)11-14-5-3-4-10-20-14/h3-10H,2,11H2,1H3. The summed E-state index contributed by atoms with van der Waals surface area (Å²) >= 11 is 1.33. The minimum atomic E-state index is -0.383. The molecule has 0 unspecified atom stereocenters. The van der Waals surface area contributed by atoms with E-state index >= 15 is 0 Å². The van der Waals surface area contributed by atoms with Gasteiger partial charge in [0.05, 0.1) is 22.7 Å². The molecular weight excluding hydrogens is 327 g/mol. The van der Waals surface area contributed by atoms with E-state index in [2.05, 4.69) is 4.98 Å². The Labute approximate surface area is 143 Å². The van der Waals surface area contributed by atoms with Gasteiger partial charge in [-0.25, -0.2) is 4.39 Å². The van der Waals surface area contributed by atoms with Crippen LogP contribution in [0.15, 0.2) is 53.6 Å². The lowest BCUT2D eigenvalue weighted by atomic mass is 10.1. The van der Waals surface area contributed by atoms with E-state index in [1.165, 1.54) is 40.9 Å². The SMILES string of the molecule is CCSC1=C(c2ccc(F)cc2)C(=O)N(Cc2ccccn2)C1=O. The summed E-state index contributed by atoms with van der Waals surface area (Å²) in [6.45, 7) is 2.04. The summed E-state index contributed by atoms with van der Waals surface area (Å²) in [5.74, 6) is -0.410. The summed E-state index contributed by atoms with van der Waals surface area (Å²) < 4.78 is 13.2. The van der Waals surface area contributed by atoms with Gasteiger partial charge in [-0.3, -0.25) is 19.5 Å². The molecule has 0 atom stereocenters. The number of benzene rings is 1. The number of carbonyl (C=O) groups is 2. The fraction of sp³-hybridized carbons (Fsp3) is 0.167. The molecule has 1 aromatic carbocycles. The quantitative estimate of drug-likeness (QED) is 0.783. The molecule has 0 saturated carbocycles. The van der Waals surface area contributed by atoms with Crippen LogP contribution in [0.2, 0.25) is 0 Å². The first-order valence-electron chi connectivity index (χ1n) is 7.51. The topological polar surface area (TPSA) is 50.3 Å². The first-order valence-corrected chi connectivity index (χ1v) is 8.49. The maximum atomic E-state index is 13.2. The Morgan fingerprint density at radius 3 is 2.46 bits per heavy atom. The number of thioether (sulfide) groups is 1. The third kappa shape index (κ3) is 3.10. The number of imide groups is 1. The van der Waals surface area contributed by atoms with Crippen molar-refractivity contribution in [2.24, 2.45) is 0 Å². The Bertz CT molecular complexity index is 804. The van der Waals surface area contributed by atoms with Crippen molar-refractivity contribution in [2.45, 2.75) is 13.5 Å². The van der Waals surface area contributed by atoms with Crippen LogP contribution in [0.1, 0.15) is 18.2 Å². The van der Waals surface area contributed by atoms with Gasteiger partial charge in [0.2, 0.25) is 0 Å². The van der Waals surface area contributed by atoms with Crippen molar-refractivity contribution in [3.8, 4) is 0 Å². The summed E-state index contributed by atoms with van der Waals surface area (Å²) in [5, 5.41) is 0. The Morgan fingerprint density at radius 2 is 1.83 bits per heavy atom. The van der Waals surface area contributed by atoms with Gasteiger partial charge >= 0.3 is 0 Å². The molecule has 2 aromatic rings. The Kier molecular flexibility index (Phi) is 4.76. The van der Waals surface area contributed by atoms with Crippen molar-refractivity contribution < 1.29 is 14.0 Å². The average Bonchev–Trinajstić information content (AvgIpc) is 2.82.